The smallest absolute Gasteiger partial charge is 0.0774 e. The summed E-state index contributed by atoms with van der Waals surface area (Å²) < 4.78 is 0. The minimum absolute atomic E-state index is 0.441. The van der Waals surface area contributed by atoms with E-state index in [-0.39, 0.29) is 0 Å². The Morgan fingerprint density at radius 2 is 2.10 bits per heavy atom. The monoisotopic (exact) mass is 273 g/mol. The normalized spacial score (nSPS) is 38.0. The number of pyridine rings is 1. The third kappa shape index (κ3) is 2.24. The predicted octanol–water partition coefficient (Wildman–Crippen LogP) is 0.631. The number of fused-ring (bicyclic) bond motifs is 1. The second-order valence-electron chi connectivity index (χ2n) is 6.23. The lowest BCUT2D eigenvalue weighted by Crippen LogP contribution is -2.49. The summed E-state index contributed by atoms with van der Waals surface area (Å²) in [6.07, 6.45) is 8.22. The van der Waals surface area contributed by atoms with Gasteiger partial charge < -0.3 is 5.32 Å². The molecule has 4 heterocycles. The number of piperidine rings is 1. The molecule has 3 N–H and O–H groups in total. The molecular weight excluding hydrogens is 250 g/mol. The van der Waals surface area contributed by atoms with E-state index < -0.39 is 0 Å². The van der Waals surface area contributed by atoms with Gasteiger partial charge in [0.05, 0.1) is 6.17 Å². The van der Waals surface area contributed by atoms with Crippen LogP contribution in [0.15, 0.2) is 24.5 Å². The maximum Gasteiger partial charge on any atom is 0.0774 e. The maximum absolute atomic E-state index is 4.26. The highest BCUT2D eigenvalue weighted by atomic mass is 15.5. The highest BCUT2D eigenvalue weighted by Gasteiger charge is 2.43. The summed E-state index contributed by atoms with van der Waals surface area (Å²) in [6, 6.07) is 5.21. The SMILES string of the molecule is c1cncc(C2CC3C(CN2)NNC3N2CCCC2)c1. The van der Waals surface area contributed by atoms with Gasteiger partial charge in [-0.05, 0) is 44.0 Å². The minimum Gasteiger partial charge on any atom is -0.308 e. The predicted molar refractivity (Wildman–Crippen MR) is 77.7 cm³/mol. The van der Waals surface area contributed by atoms with Crippen LogP contribution in [0.5, 0.6) is 0 Å². The van der Waals surface area contributed by atoms with Crippen molar-refractivity contribution in [1.82, 2.24) is 26.1 Å². The Morgan fingerprint density at radius 3 is 2.90 bits per heavy atom. The number of rotatable bonds is 2. The Balaban J connectivity index is 1.50. The highest BCUT2D eigenvalue weighted by molar-refractivity contribution is 5.16. The lowest BCUT2D eigenvalue weighted by molar-refractivity contribution is 0.144. The molecule has 0 aromatic carbocycles. The molecular formula is C15H23N5. The Kier molecular flexibility index (Phi) is 3.44. The van der Waals surface area contributed by atoms with Crippen LogP contribution in [-0.2, 0) is 0 Å². The zero-order valence-electron chi connectivity index (χ0n) is 11.8. The molecule has 0 amide bonds. The van der Waals surface area contributed by atoms with Gasteiger partial charge in [-0.1, -0.05) is 6.07 Å². The molecule has 0 saturated carbocycles. The average Bonchev–Trinajstić information content (AvgIpc) is 3.16. The topological polar surface area (TPSA) is 52.2 Å². The van der Waals surface area contributed by atoms with E-state index >= 15 is 0 Å². The van der Waals surface area contributed by atoms with Gasteiger partial charge >= 0.3 is 0 Å². The average molecular weight is 273 g/mol. The number of likely N-dealkylation sites (tertiary alicyclic amines) is 1. The molecule has 3 saturated heterocycles. The van der Waals surface area contributed by atoms with Gasteiger partial charge in [-0.2, -0.15) is 0 Å². The summed E-state index contributed by atoms with van der Waals surface area (Å²) >= 11 is 0. The summed E-state index contributed by atoms with van der Waals surface area (Å²) in [4.78, 5) is 6.87. The molecule has 0 spiro atoms. The summed E-state index contributed by atoms with van der Waals surface area (Å²) in [5.41, 5.74) is 8.34. The van der Waals surface area contributed by atoms with Crippen molar-refractivity contribution in [3.63, 3.8) is 0 Å². The van der Waals surface area contributed by atoms with E-state index in [1.807, 2.05) is 18.5 Å². The third-order valence-electron chi connectivity index (χ3n) is 5.05. The molecule has 1 aromatic rings. The third-order valence-corrected chi connectivity index (χ3v) is 5.05. The molecule has 0 aliphatic carbocycles. The van der Waals surface area contributed by atoms with Gasteiger partial charge in [-0.15, -0.1) is 0 Å². The molecule has 5 nitrogen and oxygen atoms in total. The largest absolute Gasteiger partial charge is 0.308 e. The van der Waals surface area contributed by atoms with Gasteiger partial charge in [0, 0.05) is 36.9 Å². The molecule has 20 heavy (non-hydrogen) atoms. The van der Waals surface area contributed by atoms with E-state index in [1.165, 1.54) is 37.9 Å². The number of hydrogen-bond acceptors (Lipinski definition) is 5. The van der Waals surface area contributed by atoms with Crippen molar-refractivity contribution < 1.29 is 0 Å². The Labute approximate surface area is 120 Å². The molecule has 4 rings (SSSR count). The molecule has 3 fully saturated rings. The fourth-order valence-corrected chi connectivity index (χ4v) is 3.96. The van der Waals surface area contributed by atoms with E-state index in [9.17, 15) is 0 Å². The van der Waals surface area contributed by atoms with Crippen LogP contribution in [0.1, 0.15) is 30.9 Å². The quantitative estimate of drug-likeness (QED) is 0.738. The standard InChI is InChI=1S/C15H23N5/c1-2-7-20(6-1)15-12-8-13(11-4-3-5-16-9-11)17-10-14(12)18-19-15/h3-5,9,12-15,17-19H,1-2,6-8,10H2. The van der Waals surface area contributed by atoms with Crippen LogP contribution in [0, 0.1) is 5.92 Å². The number of hydrazine groups is 1. The van der Waals surface area contributed by atoms with Crippen molar-refractivity contribution in [2.45, 2.75) is 37.5 Å². The Bertz CT molecular complexity index is 445. The molecule has 0 bridgehead atoms. The van der Waals surface area contributed by atoms with Gasteiger partial charge in [-0.25, -0.2) is 5.43 Å². The molecule has 1 aromatic heterocycles. The van der Waals surface area contributed by atoms with Gasteiger partial charge in [0.25, 0.3) is 0 Å². The molecule has 0 radical (unpaired) electrons. The van der Waals surface area contributed by atoms with Crippen LogP contribution in [0.2, 0.25) is 0 Å². The molecule has 4 unspecified atom stereocenters. The molecule has 4 atom stereocenters. The van der Waals surface area contributed by atoms with Crippen molar-refractivity contribution in [2.24, 2.45) is 5.92 Å². The molecule has 3 aliphatic heterocycles. The lowest BCUT2D eigenvalue weighted by atomic mass is 9.85. The van der Waals surface area contributed by atoms with Crippen molar-refractivity contribution in [1.29, 1.82) is 0 Å². The van der Waals surface area contributed by atoms with E-state index in [2.05, 4.69) is 32.1 Å². The first-order chi connectivity index (χ1) is 9.92. The first-order valence-electron chi connectivity index (χ1n) is 7.80. The fourth-order valence-electron chi connectivity index (χ4n) is 3.96. The van der Waals surface area contributed by atoms with Gasteiger partial charge in [0.1, 0.15) is 0 Å². The van der Waals surface area contributed by atoms with E-state index in [0.717, 1.165) is 6.54 Å². The van der Waals surface area contributed by atoms with Crippen LogP contribution in [0.4, 0.5) is 0 Å². The van der Waals surface area contributed by atoms with E-state index in [1.54, 1.807) is 0 Å². The van der Waals surface area contributed by atoms with Crippen LogP contribution in [0.3, 0.4) is 0 Å². The number of hydrogen-bond donors (Lipinski definition) is 3. The minimum atomic E-state index is 0.441. The Hall–Kier alpha value is -1.01. The Morgan fingerprint density at radius 1 is 1.20 bits per heavy atom. The van der Waals surface area contributed by atoms with E-state index in [0.29, 0.717) is 24.2 Å². The van der Waals surface area contributed by atoms with Crippen molar-refractivity contribution in [3.8, 4) is 0 Å². The number of nitrogens with zero attached hydrogens (tertiary/aromatic N) is 2. The highest BCUT2D eigenvalue weighted by Crippen LogP contribution is 2.33. The molecule has 5 heteroatoms. The van der Waals surface area contributed by atoms with Gasteiger partial charge in [0.15, 0.2) is 0 Å². The van der Waals surface area contributed by atoms with Crippen LogP contribution < -0.4 is 16.2 Å². The fraction of sp³-hybridized carbons (Fsp3) is 0.667. The number of nitrogens with one attached hydrogen (secondary N) is 3. The zero-order valence-corrected chi connectivity index (χ0v) is 11.8. The van der Waals surface area contributed by atoms with Crippen LogP contribution in [0.25, 0.3) is 0 Å². The maximum atomic E-state index is 4.26. The first kappa shape index (κ1) is 12.7. The van der Waals surface area contributed by atoms with Crippen LogP contribution >= 0.6 is 0 Å². The van der Waals surface area contributed by atoms with Crippen molar-refractivity contribution in [3.05, 3.63) is 30.1 Å². The zero-order chi connectivity index (χ0) is 13.4. The van der Waals surface area contributed by atoms with E-state index in [4.69, 9.17) is 0 Å². The van der Waals surface area contributed by atoms with Gasteiger partial charge in [-0.3, -0.25) is 15.3 Å². The molecule has 3 aliphatic rings. The van der Waals surface area contributed by atoms with Crippen LogP contribution in [-0.4, -0.2) is 41.7 Å². The summed E-state index contributed by atoms with van der Waals surface area (Å²) in [6.45, 7) is 3.52. The van der Waals surface area contributed by atoms with Crippen molar-refractivity contribution in [2.75, 3.05) is 19.6 Å². The number of aromatic nitrogens is 1. The summed E-state index contributed by atoms with van der Waals surface area (Å²) in [7, 11) is 0. The summed E-state index contributed by atoms with van der Waals surface area (Å²) in [5.74, 6) is 0.680. The van der Waals surface area contributed by atoms with Crippen molar-refractivity contribution >= 4 is 0 Å². The van der Waals surface area contributed by atoms with Gasteiger partial charge in [0.2, 0.25) is 0 Å². The second-order valence-corrected chi connectivity index (χ2v) is 6.23. The summed E-state index contributed by atoms with van der Waals surface area (Å²) in [5, 5.41) is 3.66. The first-order valence-corrected chi connectivity index (χ1v) is 7.80. The second kappa shape index (κ2) is 5.41. The lowest BCUT2D eigenvalue weighted by Gasteiger charge is -2.36. The molecule has 108 valence electrons.